The van der Waals surface area contributed by atoms with Gasteiger partial charge in [-0.1, -0.05) is 44.0 Å². The van der Waals surface area contributed by atoms with Crippen molar-refractivity contribution in [2.75, 3.05) is 16.8 Å². The Morgan fingerprint density at radius 2 is 1.79 bits per heavy atom. The van der Waals surface area contributed by atoms with Crippen molar-refractivity contribution in [2.45, 2.75) is 75.9 Å². The maximum absolute atomic E-state index is 14.3. The van der Waals surface area contributed by atoms with Crippen LogP contribution in [0.4, 0.5) is 29.3 Å². The van der Waals surface area contributed by atoms with E-state index < -0.39 is 38.1 Å². The zero-order valence-corrected chi connectivity index (χ0v) is 24.9. The van der Waals surface area contributed by atoms with E-state index in [-0.39, 0.29) is 32.9 Å². The van der Waals surface area contributed by atoms with Gasteiger partial charge >= 0.3 is 12.2 Å². The summed E-state index contributed by atoms with van der Waals surface area (Å²) in [6.45, 7) is 11.2. The van der Waals surface area contributed by atoms with Crippen LogP contribution in [0.25, 0.3) is 5.65 Å². The normalized spacial score (nSPS) is 20.8. The number of urea groups is 1. The summed E-state index contributed by atoms with van der Waals surface area (Å²) < 4.78 is 50.7. The Morgan fingerprint density at radius 1 is 1.13 bits per heavy atom. The molecule has 210 valence electrons. The summed E-state index contributed by atoms with van der Waals surface area (Å²) in [6, 6.07) is 2.12. The monoisotopic (exact) mass is 600 g/mol. The van der Waals surface area contributed by atoms with Crippen LogP contribution in [0.2, 0.25) is 28.3 Å². The van der Waals surface area contributed by atoms with Gasteiger partial charge in [-0.2, -0.15) is 18.3 Å². The lowest BCUT2D eigenvalue weighted by Gasteiger charge is -2.39. The maximum Gasteiger partial charge on any atom is 0.401 e. The molecule has 2 amide bonds. The molecule has 0 aromatic carbocycles. The van der Waals surface area contributed by atoms with Gasteiger partial charge < -0.3 is 9.74 Å². The molecule has 1 aliphatic heterocycles. The number of nitrogens with zero attached hydrogens (tertiary/aromatic N) is 5. The van der Waals surface area contributed by atoms with Crippen LogP contribution in [0.5, 0.6) is 0 Å². The van der Waals surface area contributed by atoms with Crippen molar-refractivity contribution in [2.24, 2.45) is 0 Å². The van der Waals surface area contributed by atoms with Crippen LogP contribution in [0.3, 0.4) is 0 Å². The largest absolute Gasteiger partial charge is 0.406 e. The summed E-state index contributed by atoms with van der Waals surface area (Å²) in [6.07, 6.45) is -0.431. The summed E-state index contributed by atoms with van der Waals surface area (Å²) in [5, 5.41) is 6.94. The Kier molecular flexibility index (Phi) is 6.34. The van der Waals surface area contributed by atoms with Crippen molar-refractivity contribution in [1.82, 2.24) is 19.6 Å². The Bertz CT molecular complexity index is 1480. The number of alkyl halides is 3. The van der Waals surface area contributed by atoms with Crippen LogP contribution in [0.15, 0.2) is 24.5 Å². The number of carbonyl (C=O) groups is 1. The van der Waals surface area contributed by atoms with Crippen molar-refractivity contribution in [3.63, 3.8) is 0 Å². The average Bonchev–Trinajstić information content (AvgIpc) is 3.32. The molecule has 14 heteroatoms. The van der Waals surface area contributed by atoms with Gasteiger partial charge in [0.15, 0.2) is 19.1 Å². The highest BCUT2D eigenvalue weighted by Gasteiger charge is 2.60. The number of hydrogen-bond donors (Lipinski definition) is 1. The molecule has 4 heterocycles. The Hall–Kier alpha value is -2.41. The van der Waals surface area contributed by atoms with Crippen LogP contribution in [0.1, 0.15) is 51.9 Å². The van der Waals surface area contributed by atoms with Gasteiger partial charge in [0.25, 0.3) is 0 Å². The highest BCUT2D eigenvalue weighted by molar-refractivity contribution is 6.74. The summed E-state index contributed by atoms with van der Waals surface area (Å²) in [5.41, 5.74) is -2.21. The second-order valence-corrected chi connectivity index (χ2v) is 17.5. The molecule has 0 saturated heterocycles. The fourth-order valence-corrected chi connectivity index (χ4v) is 6.76. The van der Waals surface area contributed by atoms with Gasteiger partial charge in [-0.3, -0.25) is 9.88 Å². The average molecular weight is 602 g/mol. The number of pyridine rings is 1. The second kappa shape index (κ2) is 8.79. The first-order chi connectivity index (χ1) is 17.9. The number of hydrogen-bond acceptors (Lipinski definition) is 5. The lowest BCUT2D eigenvalue weighted by Crippen LogP contribution is -2.46. The molecule has 39 heavy (non-hydrogen) atoms. The van der Waals surface area contributed by atoms with Gasteiger partial charge in [0, 0.05) is 12.6 Å². The number of aromatic nitrogens is 4. The third-order valence-corrected chi connectivity index (χ3v) is 13.1. The number of fused-ring (bicyclic) bond motifs is 3. The number of nitrogens with one attached hydrogen (secondary N) is 1. The van der Waals surface area contributed by atoms with E-state index in [2.05, 4.69) is 54.2 Å². The van der Waals surface area contributed by atoms with E-state index >= 15 is 0 Å². The number of rotatable bonds is 4. The number of anilines is 2. The maximum atomic E-state index is 14.3. The highest BCUT2D eigenvalue weighted by atomic mass is 35.5. The van der Waals surface area contributed by atoms with E-state index in [1.165, 1.54) is 18.5 Å². The van der Waals surface area contributed by atoms with Gasteiger partial charge in [0.05, 0.1) is 40.2 Å². The molecule has 8 nitrogen and oxygen atoms in total. The van der Waals surface area contributed by atoms with Gasteiger partial charge in [0.2, 0.25) is 0 Å². The first kappa shape index (κ1) is 28.1. The molecule has 2 aliphatic rings. The van der Waals surface area contributed by atoms with E-state index in [0.717, 1.165) is 29.2 Å². The minimum absolute atomic E-state index is 0.00184. The molecule has 1 saturated carbocycles. The molecule has 0 unspecified atom stereocenters. The quantitative estimate of drug-likeness (QED) is 0.317. The van der Waals surface area contributed by atoms with Crippen LogP contribution < -0.4 is 10.2 Å². The lowest BCUT2D eigenvalue weighted by molar-refractivity contribution is -0.181. The molecule has 1 atom stereocenters. The van der Waals surface area contributed by atoms with Gasteiger partial charge in [-0.05, 0) is 44.0 Å². The van der Waals surface area contributed by atoms with Crippen molar-refractivity contribution in [1.29, 1.82) is 0 Å². The van der Waals surface area contributed by atoms with Gasteiger partial charge in [0.1, 0.15) is 11.0 Å². The predicted octanol–water partition coefficient (Wildman–Crippen LogP) is 7.31. The SMILES string of the molecule is CC(C)(C)[Si](C)(C)OC1(c2ncc(NC(=O)N3C[C@@](C)(C(F)(F)F)c4c3cnc3cc(Cl)nn43)cc2Cl)CC1. The number of halogens is 5. The molecule has 1 N–H and O–H groups in total. The van der Waals surface area contributed by atoms with Crippen LogP contribution in [0, 0.1) is 0 Å². The van der Waals surface area contributed by atoms with E-state index in [1.807, 2.05) is 0 Å². The highest BCUT2D eigenvalue weighted by Crippen LogP contribution is 2.55. The standard InChI is InChI=1S/C25H29Cl2F3N6O2Si/c1-22(2,3)39(5,6)38-24(7-8-24)19-15(26)9-14(11-32-19)33-21(37)35-13-23(4,25(28,29)30)20-16(35)12-31-18-10-17(27)34-36(18)20/h9-12H,7-8,13H2,1-6H3,(H,33,37)/t23-/m1/s1. The van der Waals surface area contributed by atoms with Crippen LogP contribution >= 0.6 is 23.2 Å². The third-order valence-electron chi connectivity index (χ3n) is 8.08. The zero-order valence-electron chi connectivity index (χ0n) is 22.4. The fraction of sp³-hybridized carbons (Fsp3) is 0.520. The van der Waals surface area contributed by atoms with E-state index in [9.17, 15) is 18.0 Å². The molecular formula is C25H29Cl2F3N6O2Si. The Labute approximate surface area is 235 Å². The Balaban J connectivity index is 1.43. The molecular weight excluding hydrogens is 572 g/mol. The summed E-state index contributed by atoms with van der Waals surface area (Å²) >= 11 is 12.6. The first-order valence-electron chi connectivity index (χ1n) is 12.4. The molecule has 0 spiro atoms. The van der Waals surface area contributed by atoms with Crippen molar-refractivity contribution >= 4 is 54.6 Å². The van der Waals surface area contributed by atoms with Gasteiger partial charge in [-0.25, -0.2) is 14.3 Å². The minimum Gasteiger partial charge on any atom is -0.406 e. The van der Waals surface area contributed by atoms with Crippen molar-refractivity contribution in [3.8, 4) is 0 Å². The Morgan fingerprint density at radius 3 is 2.36 bits per heavy atom. The van der Waals surface area contributed by atoms with Gasteiger partial charge in [-0.15, -0.1) is 0 Å². The first-order valence-corrected chi connectivity index (χ1v) is 16.1. The molecule has 1 aliphatic carbocycles. The second-order valence-electron chi connectivity index (χ2n) is 12.0. The molecule has 3 aromatic heterocycles. The predicted molar refractivity (Wildman–Crippen MR) is 146 cm³/mol. The molecule has 0 radical (unpaired) electrons. The third kappa shape index (κ3) is 4.58. The smallest absolute Gasteiger partial charge is 0.401 e. The number of amides is 2. The topological polar surface area (TPSA) is 84.6 Å². The summed E-state index contributed by atoms with van der Waals surface area (Å²) in [4.78, 5) is 23.0. The lowest BCUT2D eigenvalue weighted by atomic mass is 9.88. The minimum atomic E-state index is -4.68. The zero-order chi connectivity index (χ0) is 28.8. The molecule has 1 fully saturated rings. The summed E-state index contributed by atoms with van der Waals surface area (Å²) in [7, 11) is -2.11. The van der Waals surface area contributed by atoms with E-state index in [4.69, 9.17) is 27.6 Å². The molecule has 0 bridgehead atoms. The van der Waals surface area contributed by atoms with E-state index in [1.54, 1.807) is 6.07 Å². The summed E-state index contributed by atoms with van der Waals surface area (Å²) in [5.74, 6) is 0. The molecule has 3 aromatic rings. The van der Waals surface area contributed by atoms with Crippen molar-refractivity contribution in [3.05, 3.63) is 46.1 Å². The molecule has 5 rings (SSSR count). The van der Waals surface area contributed by atoms with Crippen molar-refractivity contribution < 1.29 is 22.4 Å². The van der Waals surface area contributed by atoms with E-state index in [0.29, 0.717) is 10.7 Å². The fourth-order valence-electron chi connectivity index (χ4n) is 4.67. The van der Waals surface area contributed by atoms with Crippen LogP contribution in [-0.2, 0) is 15.4 Å². The number of carbonyl (C=O) groups excluding carboxylic acids is 1. The van der Waals surface area contributed by atoms with Crippen LogP contribution in [-0.4, -0.2) is 46.7 Å².